The lowest BCUT2D eigenvalue weighted by Crippen LogP contribution is -2.18. The minimum Gasteiger partial charge on any atom is -0.268 e. The first-order chi connectivity index (χ1) is 7.18. The lowest BCUT2D eigenvalue weighted by molar-refractivity contribution is 0.712. The second-order valence-electron chi connectivity index (χ2n) is 3.09. The number of hydrogen-bond acceptors (Lipinski definition) is 2. The van der Waals surface area contributed by atoms with Crippen molar-refractivity contribution in [2.45, 2.75) is 0 Å². The van der Waals surface area contributed by atoms with Gasteiger partial charge in [0.1, 0.15) is 0 Å². The Bertz CT molecular complexity index is 548. The molecule has 15 heavy (non-hydrogen) atoms. The van der Waals surface area contributed by atoms with Crippen molar-refractivity contribution in [3.63, 3.8) is 0 Å². The summed E-state index contributed by atoms with van der Waals surface area (Å²) >= 11 is 5.99. The normalized spacial score (nSPS) is 10.3. The number of rotatable bonds is 1. The number of halogens is 1. The van der Waals surface area contributed by atoms with Gasteiger partial charge in [-0.25, -0.2) is 4.68 Å². The first-order valence-electron chi connectivity index (χ1n) is 4.39. The summed E-state index contributed by atoms with van der Waals surface area (Å²) in [5.41, 5.74) is 1.33. The Morgan fingerprint density at radius 3 is 2.87 bits per heavy atom. The van der Waals surface area contributed by atoms with E-state index < -0.39 is 0 Å². The Morgan fingerprint density at radius 2 is 2.20 bits per heavy atom. The Kier molecular flexibility index (Phi) is 2.56. The number of benzene rings is 1. The molecule has 1 radical (unpaired) electrons. The summed E-state index contributed by atoms with van der Waals surface area (Å²) in [5, 5.41) is 4.68. The topological polar surface area (TPSA) is 34.9 Å². The van der Waals surface area contributed by atoms with E-state index in [1.165, 1.54) is 10.7 Å². The van der Waals surface area contributed by atoms with E-state index in [0.29, 0.717) is 10.7 Å². The molecular formula is C11H8ClN2O. The lowest BCUT2D eigenvalue weighted by atomic mass is 10.1. The molecule has 1 heterocycles. The summed E-state index contributed by atoms with van der Waals surface area (Å²) in [5.74, 6) is 0. The highest BCUT2D eigenvalue weighted by atomic mass is 35.5. The van der Waals surface area contributed by atoms with E-state index in [-0.39, 0.29) is 5.56 Å². The smallest absolute Gasteiger partial charge is 0.266 e. The molecule has 0 atom stereocenters. The van der Waals surface area contributed by atoms with Crippen LogP contribution in [0.5, 0.6) is 0 Å². The molecule has 0 amide bonds. The van der Waals surface area contributed by atoms with Crippen LogP contribution in [0, 0.1) is 6.07 Å². The van der Waals surface area contributed by atoms with Crippen molar-refractivity contribution in [3.8, 4) is 11.3 Å². The molecular weight excluding hydrogens is 212 g/mol. The molecule has 0 aliphatic heterocycles. The molecule has 0 bridgehead atoms. The maximum Gasteiger partial charge on any atom is 0.266 e. The Morgan fingerprint density at radius 1 is 1.40 bits per heavy atom. The number of nitrogens with zero attached hydrogens (tertiary/aromatic N) is 2. The Labute approximate surface area is 91.9 Å². The Balaban J connectivity index is 2.60. The number of aromatic nitrogens is 2. The van der Waals surface area contributed by atoms with E-state index in [1.54, 1.807) is 25.2 Å². The van der Waals surface area contributed by atoms with Gasteiger partial charge in [0.25, 0.3) is 5.56 Å². The molecule has 0 fully saturated rings. The molecule has 1 aromatic carbocycles. The molecule has 0 aliphatic carbocycles. The second kappa shape index (κ2) is 3.87. The quantitative estimate of drug-likeness (QED) is 0.734. The van der Waals surface area contributed by atoms with Crippen molar-refractivity contribution in [2.24, 2.45) is 7.05 Å². The van der Waals surface area contributed by atoms with E-state index in [9.17, 15) is 4.79 Å². The summed E-state index contributed by atoms with van der Waals surface area (Å²) in [4.78, 5) is 11.1. The third-order valence-corrected chi connectivity index (χ3v) is 2.36. The van der Waals surface area contributed by atoms with Gasteiger partial charge in [0.15, 0.2) is 0 Å². The Hall–Kier alpha value is -1.61. The van der Waals surface area contributed by atoms with E-state index in [0.717, 1.165) is 5.56 Å². The fourth-order valence-corrected chi connectivity index (χ4v) is 1.49. The standard InChI is InChI=1S/C11H8ClN2O/c1-14-11(15)7-6-10(13-14)8-4-2-3-5-9(8)12/h2,4-7H,1H3. The van der Waals surface area contributed by atoms with Gasteiger partial charge >= 0.3 is 0 Å². The van der Waals surface area contributed by atoms with Crippen LogP contribution in [0.3, 0.4) is 0 Å². The van der Waals surface area contributed by atoms with Gasteiger partial charge in [-0.1, -0.05) is 23.7 Å². The summed E-state index contributed by atoms with van der Waals surface area (Å²) in [6, 6.07) is 11.2. The number of hydrogen-bond donors (Lipinski definition) is 0. The minimum atomic E-state index is -0.141. The van der Waals surface area contributed by atoms with Crippen molar-refractivity contribution in [1.29, 1.82) is 0 Å². The molecule has 0 aliphatic rings. The van der Waals surface area contributed by atoms with Crippen LogP contribution < -0.4 is 5.56 Å². The van der Waals surface area contributed by atoms with Crippen LogP contribution in [-0.2, 0) is 7.05 Å². The first kappa shape index (κ1) is 9.93. The fraction of sp³-hybridized carbons (Fsp3) is 0.0909. The van der Waals surface area contributed by atoms with Crippen LogP contribution in [0.15, 0.2) is 35.1 Å². The molecule has 3 nitrogen and oxygen atoms in total. The van der Waals surface area contributed by atoms with Gasteiger partial charge in [-0.2, -0.15) is 5.10 Å². The average molecular weight is 220 g/mol. The van der Waals surface area contributed by atoms with Crippen molar-refractivity contribution in [1.82, 2.24) is 9.78 Å². The molecule has 0 spiro atoms. The van der Waals surface area contributed by atoms with Gasteiger partial charge < -0.3 is 0 Å². The summed E-state index contributed by atoms with van der Waals surface area (Å²) in [6.45, 7) is 0. The SMILES string of the molecule is Cn1nc(-c2cc[c]cc2Cl)ccc1=O. The molecule has 0 N–H and O–H groups in total. The maximum atomic E-state index is 11.1. The first-order valence-corrected chi connectivity index (χ1v) is 4.76. The van der Waals surface area contributed by atoms with Crippen LogP contribution in [0.4, 0.5) is 0 Å². The fourth-order valence-electron chi connectivity index (χ4n) is 1.26. The molecule has 2 aromatic rings. The zero-order chi connectivity index (χ0) is 10.8. The monoisotopic (exact) mass is 219 g/mol. The lowest BCUT2D eigenvalue weighted by Gasteiger charge is -2.03. The molecule has 2 rings (SSSR count). The zero-order valence-electron chi connectivity index (χ0n) is 8.07. The van der Waals surface area contributed by atoms with Gasteiger partial charge in [0.2, 0.25) is 0 Å². The van der Waals surface area contributed by atoms with Crippen molar-refractivity contribution in [2.75, 3.05) is 0 Å². The summed E-state index contributed by atoms with van der Waals surface area (Å²) in [7, 11) is 1.61. The van der Waals surface area contributed by atoms with Crippen LogP contribution in [0.2, 0.25) is 5.02 Å². The summed E-state index contributed by atoms with van der Waals surface area (Å²) in [6.07, 6.45) is 0. The third kappa shape index (κ3) is 1.92. The second-order valence-corrected chi connectivity index (χ2v) is 3.49. The van der Waals surface area contributed by atoms with Crippen LogP contribution in [0.1, 0.15) is 0 Å². The molecule has 0 saturated heterocycles. The van der Waals surface area contributed by atoms with Gasteiger partial charge in [0.05, 0.1) is 10.7 Å². The predicted molar refractivity (Wildman–Crippen MR) is 58.8 cm³/mol. The number of aryl methyl sites for hydroxylation is 1. The van der Waals surface area contributed by atoms with Crippen LogP contribution in [0.25, 0.3) is 11.3 Å². The minimum absolute atomic E-state index is 0.141. The molecule has 75 valence electrons. The van der Waals surface area contributed by atoms with Gasteiger partial charge in [-0.05, 0) is 18.2 Å². The van der Waals surface area contributed by atoms with Crippen LogP contribution >= 0.6 is 11.6 Å². The van der Waals surface area contributed by atoms with E-state index >= 15 is 0 Å². The van der Waals surface area contributed by atoms with Gasteiger partial charge in [-0.15, -0.1) is 0 Å². The summed E-state index contributed by atoms with van der Waals surface area (Å²) < 4.78 is 1.28. The molecule has 0 saturated carbocycles. The largest absolute Gasteiger partial charge is 0.268 e. The molecule has 0 unspecified atom stereocenters. The average Bonchev–Trinajstić information content (AvgIpc) is 2.23. The van der Waals surface area contributed by atoms with Gasteiger partial charge in [0, 0.05) is 18.7 Å². The van der Waals surface area contributed by atoms with Crippen molar-refractivity contribution in [3.05, 3.63) is 51.8 Å². The zero-order valence-corrected chi connectivity index (χ0v) is 8.82. The van der Waals surface area contributed by atoms with Crippen molar-refractivity contribution < 1.29 is 0 Å². The third-order valence-electron chi connectivity index (χ3n) is 2.05. The van der Waals surface area contributed by atoms with Gasteiger partial charge in [-0.3, -0.25) is 4.79 Å². The van der Waals surface area contributed by atoms with E-state index in [2.05, 4.69) is 11.2 Å². The molecule has 1 aromatic heterocycles. The highest BCUT2D eigenvalue weighted by Gasteiger charge is 2.04. The van der Waals surface area contributed by atoms with E-state index in [4.69, 9.17) is 11.6 Å². The predicted octanol–water partition coefficient (Wildman–Crippen LogP) is 1.90. The van der Waals surface area contributed by atoms with E-state index in [1.807, 2.05) is 6.07 Å². The van der Waals surface area contributed by atoms with Crippen LogP contribution in [-0.4, -0.2) is 9.78 Å². The van der Waals surface area contributed by atoms with Crippen molar-refractivity contribution >= 4 is 11.6 Å². The molecule has 4 heteroatoms. The highest BCUT2D eigenvalue weighted by Crippen LogP contribution is 2.24. The maximum absolute atomic E-state index is 11.1. The highest BCUT2D eigenvalue weighted by molar-refractivity contribution is 6.33.